The van der Waals surface area contributed by atoms with E-state index >= 15 is 0 Å². The highest BCUT2D eigenvalue weighted by Gasteiger charge is 1.97. The van der Waals surface area contributed by atoms with Gasteiger partial charge in [-0.3, -0.25) is 0 Å². The molecule has 0 aliphatic rings. The lowest BCUT2D eigenvalue weighted by Crippen LogP contribution is -1.91. The average molecular weight is 148 g/mol. The van der Waals surface area contributed by atoms with Crippen LogP contribution >= 0.6 is 11.6 Å². The van der Waals surface area contributed by atoms with Crippen LogP contribution in [0, 0.1) is 5.92 Å². The smallest absolute Gasteiger partial charge is 0.0282 e. The summed E-state index contributed by atoms with van der Waals surface area (Å²) in [4.78, 5) is 0. The minimum atomic E-state index is 0.740. The van der Waals surface area contributed by atoms with Gasteiger partial charge in [0.05, 0.1) is 0 Å². The SMILES string of the molecule is CCCCC[C](C)CCl. The molecule has 0 fully saturated rings. The van der Waals surface area contributed by atoms with Crippen molar-refractivity contribution in [3.8, 4) is 0 Å². The van der Waals surface area contributed by atoms with E-state index in [2.05, 4.69) is 13.8 Å². The van der Waals surface area contributed by atoms with Gasteiger partial charge >= 0.3 is 0 Å². The van der Waals surface area contributed by atoms with Crippen molar-refractivity contribution in [3.05, 3.63) is 5.92 Å². The fraction of sp³-hybridized carbons (Fsp3) is 0.875. The maximum atomic E-state index is 5.59. The first-order valence-corrected chi connectivity index (χ1v) is 4.22. The lowest BCUT2D eigenvalue weighted by atomic mass is 10.1. The first-order chi connectivity index (χ1) is 4.31. The van der Waals surface area contributed by atoms with Gasteiger partial charge in [-0.1, -0.05) is 33.1 Å². The fourth-order valence-electron chi connectivity index (χ4n) is 0.744. The number of rotatable bonds is 5. The van der Waals surface area contributed by atoms with E-state index in [1.54, 1.807) is 0 Å². The highest BCUT2D eigenvalue weighted by Crippen LogP contribution is 2.11. The van der Waals surface area contributed by atoms with Crippen molar-refractivity contribution in [3.63, 3.8) is 0 Å². The third-order valence-electron chi connectivity index (χ3n) is 1.44. The number of hydrogen-bond donors (Lipinski definition) is 0. The van der Waals surface area contributed by atoms with Crippen LogP contribution in [0.2, 0.25) is 0 Å². The average Bonchev–Trinajstić information content (AvgIpc) is 1.89. The van der Waals surface area contributed by atoms with Crippen LogP contribution in [0.15, 0.2) is 0 Å². The van der Waals surface area contributed by atoms with Gasteiger partial charge in [0, 0.05) is 5.88 Å². The molecule has 0 N–H and O–H groups in total. The molecular formula is C8H16Cl. The van der Waals surface area contributed by atoms with E-state index in [4.69, 9.17) is 11.6 Å². The molecule has 0 aliphatic heterocycles. The Hall–Kier alpha value is 0.290. The van der Waals surface area contributed by atoms with Crippen molar-refractivity contribution in [2.24, 2.45) is 0 Å². The van der Waals surface area contributed by atoms with Crippen molar-refractivity contribution in [1.29, 1.82) is 0 Å². The van der Waals surface area contributed by atoms with Crippen molar-refractivity contribution < 1.29 is 0 Å². The molecule has 0 saturated carbocycles. The lowest BCUT2D eigenvalue weighted by molar-refractivity contribution is 0.678. The largest absolute Gasteiger partial charge is 0.126 e. The monoisotopic (exact) mass is 147 g/mol. The summed E-state index contributed by atoms with van der Waals surface area (Å²) in [6.45, 7) is 4.35. The minimum absolute atomic E-state index is 0.740. The Labute approximate surface area is 63.6 Å². The normalized spacial score (nSPS) is 10.7. The van der Waals surface area contributed by atoms with Crippen LogP contribution in [0.5, 0.6) is 0 Å². The maximum absolute atomic E-state index is 5.59. The summed E-state index contributed by atoms with van der Waals surface area (Å²) in [5.41, 5.74) is 0. The Morgan fingerprint density at radius 2 is 2.00 bits per heavy atom. The quantitative estimate of drug-likeness (QED) is 0.413. The Kier molecular flexibility index (Phi) is 6.62. The standard InChI is InChI=1S/C8H16Cl/c1-3-4-5-6-8(2)7-9/h3-7H2,1-2H3. The minimum Gasteiger partial charge on any atom is -0.126 e. The van der Waals surface area contributed by atoms with Gasteiger partial charge in [-0.05, 0) is 12.3 Å². The van der Waals surface area contributed by atoms with Crippen LogP contribution in [0.25, 0.3) is 0 Å². The van der Waals surface area contributed by atoms with Crippen LogP contribution < -0.4 is 0 Å². The Morgan fingerprint density at radius 3 is 2.44 bits per heavy atom. The summed E-state index contributed by atoms with van der Waals surface area (Å²) in [6.07, 6.45) is 5.18. The van der Waals surface area contributed by atoms with E-state index in [1.165, 1.54) is 31.6 Å². The second-order valence-corrected chi connectivity index (χ2v) is 2.82. The summed E-state index contributed by atoms with van der Waals surface area (Å²) in [5.74, 6) is 2.16. The van der Waals surface area contributed by atoms with E-state index in [0.29, 0.717) is 0 Å². The zero-order valence-corrected chi connectivity index (χ0v) is 7.17. The van der Waals surface area contributed by atoms with Gasteiger partial charge in [0.2, 0.25) is 0 Å². The first kappa shape index (κ1) is 9.29. The molecule has 0 aromatic rings. The molecule has 0 nitrogen and oxygen atoms in total. The molecule has 0 aliphatic carbocycles. The van der Waals surface area contributed by atoms with Crippen LogP contribution in [-0.4, -0.2) is 5.88 Å². The van der Waals surface area contributed by atoms with Crippen molar-refractivity contribution >= 4 is 11.6 Å². The van der Waals surface area contributed by atoms with Gasteiger partial charge in [-0.15, -0.1) is 11.6 Å². The molecule has 0 unspecified atom stereocenters. The first-order valence-electron chi connectivity index (χ1n) is 3.68. The van der Waals surface area contributed by atoms with E-state index in [1.807, 2.05) is 0 Å². The summed E-state index contributed by atoms with van der Waals surface area (Å²) >= 11 is 5.59. The topological polar surface area (TPSA) is 0 Å². The molecule has 1 heteroatoms. The van der Waals surface area contributed by atoms with Crippen LogP contribution in [0.1, 0.15) is 39.5 Å². The molecule has 0 amide bonds. The fourth-order valence-corrected chi connectivity index (χ4v) is 0.877. The summed E-state index contributed by atoms with van der Waals surface area (Å²) < 4.78 is 0. The molecule has 0 atom stereocenters. The van der Waals surface area contributed by atoms with Crippen molar-refractivity contribution in [2.75, 3.05) is 5.88 Å². The van der Waals surface area contributed by atoms with Gasteiger partial charge in [0.1, 0.15) is 0 Å². The molecule has 9 heavy (non-hydrogen) atoms. The maximum Gasteiger partial charge on any atom is 0.0282 e. The predicted molar refractivity (Wildman–Crippen MR) is 43.8 cm³/mol. The second-order valence-electron chi connectivity index (χ2n) is 2.55. The van der Waals surface area contributed by atoms with Crippen molar-refractivity contribution in [2.45, 2.75) is 39.5 Å². The molecule has 0 saturated heterocycles. The van der Waals surface area contributed by atoms with Gasteiger partial charge in [-0.2, -0.15) is 0 Å². The van der Waals surface area contributed by atoms with Crippen LogP contribution in [0.4, 0.5) is 0 Å². The van der Waals surface area contributed by atoms with E-state index in [9.17, 15) is 0 Å². The molecule has 0 bridgehead atoms. The van der Waals surface area contributed by atoms with Gasteiger partial charge in [0.25, 0.3) is 0 Å². The number of hydrogen-bond acceptors (Lipinski definition) is 0. The highest BCUT2D eigenvalue weighted by molar-refractivity contribution is 6.19. The Bertz CT molecular complexity index is 52.5. The molecule has 0 heterocycles. The second kappa shape index (κ2) is 6.41. The predicted octanol–water partition coefficient (Wildman–Crippen LogP) is 3.40. The highest BCUT2D eigenvalue weighted by atomic mass is 35.5. The number of halogens is 1. The van der Waals surface area contributed by atoms with Crippen LogP contribution in [0.3, 0.4) is 0 Å². The Morgan fingerprint density at radius 1 is 1.33 bits per heavy atom. The molecule has 0 rings (SSSR count). The molecule has 0 aromatic carbocycles. The molecule has 1 radical (unpaired) electrons. The zero-order chi connectivity index (χ0) is 7.11. The third-order valence-corrected chi connectivity index (χ3v) is 1.89. The molecular weight excluding hydrogens is 132 g/mol. The number of unbranched alkanes of at least 4 members (excludes halogenated alkanes) is 2. The molecule has 0 aromatic heterocycles. The molecule has 55 valence electrons. The van der Waals surface area contributed by atoms with E-state index in [-0.39, 0.29) is 0 Å². The van der Waals surface area contributed by atoms with E-state index < -0.39 is 0 Å². The summed E-state index contributed by atoms with van der Waals surface area (Å²) in [5, 5.41) is 0. The van der Waals surface area contributed by atoms with Gasteiger partial charge in [0.15, 0.2) is 0 Å². The van der Waals surface area contributed by atoms with Gasteiger partial charge in [-0.25, -0.2) is 0 Å². The van der Waals surface area contributed by atoms with Gasteiger partial charge < -0.3 is 0 Å². The van der Waals surface area contributed by atoms with Crippen molar-refractivity contribution in [1.82, 2.24) is 0 Å². The Balaban J connectivity index is 2.88. The lowest BCUT2D eigenvalue weighted by Gasteiger charge is -2.03. The summed E-state index contributed by atoms with van der Waals surface area (Å²) in [7, 11) is 0. The zero-order valence-electron chi connectivity index (χ0n) is 6.41. The molecule has 0 spiro atoms. The van der Waals surface area contributed by atoms with Crippen LogP contribution in [-0.2, 0) is 0 Å². The van der Waals surface area contributed by atoms with E-state index in [0.717, 1.165) is 5.88 Å². The summed E-state index contributed by atoms with van der Waals surface area (Å²) in [6, 6.07) is 0. The number of alkyl halides is 1. The third kappa shape index (κ3) is 6.17.